The van der Waals surface area contributed by atoms with Gasteiger partial charge >= 0.3 is 6.18 Å². The van der Waals surface area contributed by atoms with E-state index in [2.05, 4.69) is 25.6 Å². The van der Waals surface area contributed by atoms with Crippen LogP contribution in [0.15, 0.2) is 24.5 Å². The highest BCUT2D eigenvalue weighted by molar-refractivity contribution is 5.48. The molecule has 0 unspecified atom stereocenters. The van der Waals surface area contributed by atoms with E-state index in [-0.39, 0.29) is 11.6 Å². The van der Waals surface area contributed by atoms with Crippen LogP contribution in [0, 0.1) is 6.92 Å². The van der Waals surface area contributed by atoms with Crippen molar-refractivity contribution in [1.82, 2.24) is 15.0 Å². The molecule has 0 spiro atoms. The van der Waals surface area contributed by atoms with Crippen LogP contribution in [0.2, 0.25) is 0 Å². The number of pyridine rings is 1. The molecule has 112 valence electrons. The van der Waals surface area contributed by atoms with Crippen LogP contribution >= 0.6 is 0 Å². The predicted octanol–water partition coefficient (Wildman–Crippen LogP) is 2.85. The molecule has 2 heterocycles. The summed E-state index contributed by atoms with van der Waals surface area (Å²) < 4.78 is 38.2. The lowest BCUT2D eigenvalue weighted by molar-refractivity contribution is -0.144. The zero-order chi connectivity index (χ0) is 15.5. The molecule has 0 saturated carbocycles. The number of rotatable bonds is 4. The summed E-state index contributed by atoms with van der Waals surface area (Å²) in [5.41, 5.74) is 1.88. The van der Waals surface area contributed by atoms with Gasteiger partial charge in [-0.25, -0.2) is 9.97 Å². The highest BCUT2D eigenvalue weighted by atomic mass is 19.4. The van der Waals surface area contributed by atoms with E-state index in [1.807, 2.05) is 6.92 Å². The molecule has 0 amide bonds. The topological polar surface area (TPSA) is 62.7 Å². The maximum absolute atomic E-state index is 12.7. The highest BCUT2D eigenvalue weighted by Gasteiger charge is 2.35. The third-order valence-electron chi connectivity index (χ3n) is 2.83. The Morgan fingerprint density at radius 1 is 1.19 bits per heavy atom. The molecular formula is C13H14F3N5. The van der Waals surface area contributed by atoms with Crippen molar-refractivity contribution in [3.63, 3.8) is 0 Å². The van der Waals surface area contributed by atoms with Gasteiger partial charge in [-0.3, -0.25) is 4.98 Å². The Balaban J connectivity index is 2.22. The Kier molecular flexibility index (Phi) is 4.25. The summed E-state index contributed by atoms with van der Waals surface area (Å²) in [6, 6.07) is 3.22. The van der Waals surface area contributed by atoms with Crippen molar-refractivity contribution in [3.05, 3.63) is 41.5 Å². The van der Waals surface area contributed by atoms with Gasteiger partial charge in [0.25, 0.3) is 0 Å². The van der Waals surface area contributed by atoms with Crippen molar-refractivity contribution in [2.45, 2.75) is 19.6 Å². The molecule has 5 nitrogen and oxygen atoms in total. The minimum atomic E-state index is -4.59. The van der Waals surface area contributed by atoms with E-state index in [9.17, 15) is 13.2 Å². The van der Waals surface area contributed by atoms with Crippen LogP contribution in [0.4, 0.5) is 24.8 Å². The maximum Gasteiger partial charge on any atom is 0.451 e. The van der Waals surface area contributed by atoms with Crippen LogP contribution in [0.5, 0.6) is 0 Å². The molecule has 0 fully saturated rings. The fraction of sp³-hybridized carbons (Fsp3) is 0.308. The first-order valence-electron chi connectivity index (χ1n) is 6.17. The summed E-state index contributed by atoms with van der Waals surface area (Å²) >= 11 is 0. The van der Waals surface area contributed by atoms with Gasteiger partial charge in [-0.15, -0.1) is 0 Å². The largest absolute Gasteiger partial charge is 0.451 e. The minimum absolute atomic E-state index is 0.103. The van der Waals surface area contributed by atoms with Gasteiger partial charge in [0.1, 0.15) is 11.6 Å². The fourth-order valence-corrected chi connectivity index (χ4v) is 1.68. The second-order valence-electron chi connectivity index (χ2n) is 4.37. The van der Waals surface area contributed by atoms with Crippen molar-refractivity contribution in [2.24, 2.45) is 0 Å². The Labute approximate surface area is 119 Å². The summed E-state index contributed by atoms with van der Waals surface area (Å²) in [6.45, 7) is 2.23. The van der Waals surface area contributed by atoms with Gasteiger partial charge < -0.3 is 10.6 Å². The molecule has 0 aliphatic carbocycles. The lowest BCUT2D eigenvalue weighted by Gasteiger charge is -2.12. The van der Waals surface area contributed by atoms with Gasteiger partial charge in [-0.1, -0.05) is 0 Å². The van der Waals surface area contributed by atoms with Gasteiger partial charge in [0.15, 0.2) is 0 Å². The van der Waals surface area contributed by atoms with Crippen LogP contribution in [0.25, 0.3) is 0 Å². The Bertz CT molecular complexity index is 627. The second kappa shape index (κ2) is 5.94. The normalized spacial score (nSPS) is 11.3. The van der Waals surface area contributed by atoms with Crippen LogP contribution in [-0.2, 0) is 12.7 Å². The van der Waals surface area contributed by atoms with E-state index in [0.29, 0.717) is 6.54 Å². The number of anilines is 2. The Morgan fingerprint density at radius 3 is 2.52 bits per heavy atom. The van der Waals surface area contributed by atoms with E-state index in [1.165, 1.54) is 13.1 Å². The molecular weight excluding hydrogens is 283 g/mol. The Morgan fingerprint density at radius 2 is 1.90 bits per heavy atom. The number of halogens is 3. The smallest absolute Gasteiger partial charge is 0.373 e. The molecule has 0 radical (unpaired) electrons. The van der Waals surface area contributed by atoms with Crippen molar-refractivity contribution in [1.29, 1.82) is 0 Å². The van der Waals surface area contributed by atoms with Crippen LogP contribution in [0.1, 0.15) is 17.0 Å². The zero-order valence-corrected chi connectivity index (χ0v) is 11.5. The zero-order valence-electron chi connectivity index (χ0n) is 11.5. The van der Waals surface area contributed by atoms with E-state index in [4.69, 9.17) is 0 Å². The van der Waals surface area contributed by atoms with Crippen molar-refractivity contribution >= 4 is 11.6 Å². The minimum Gasteiger partial charge on any atom is -0.373 e. The second-order valence-corrected chi connectivity index (χ2v) is 4.37. The average molecular weight is 297 g/mol. The number of aromatic nitrogens is 3. The fourth-order valence-electron chi connectivity index (χ4n) is 1.68. The first-order chi connectivity index (χ1) is 9.90. The van der Waals surface area contributed by atoms with Crippen LogP contribution < -0.4 is 10.6 Å². The highest BCUT2D eigenvalue weighted by Crippen LogP contribution is 2.28. The quantitative estimate of drug-likeness (QED) is 0.908. The number of alkyl halides is 3. The molecule has 2 aromatic heterocycles. The standard InChI is InChI=1S/C13H14F3N5/c1-8-6-18-4-3-9(8)7-19-11-5-10(17-2)20-12(21-11)13(14,15)16/h3-6H,7H2,1-2H3,(H2,17,19,20,21). The predicted molar refractivity (Wildman–Crippen MR) is 72.9 cm³/mol. The van der Waals surface area contributed by atoms with Gasteiger partial charge in [0.2, 0.25) is 5.82 Å². The molecule has 0 aliphatic heterocycles. The van der Waals surface area contributed by atoms with Gasteiger partial charge in [-0.2, -0.15) is 13.2 Å². The van der Waals surface area contributed by atoms with Crippen molar-refractivity contribution < 1.29 is 13.2 Å². The van der Waals surface area contributed by atoms with E-state index in [0.717, 1.165) is 11.1 Å². The molecule has 2 N–H and O–H groups in total. The lowest BCUT2D eigenvalue weighted by atomic mass is 10.1. The lowest BCUT2D eigenvalue weighted by Crippen LogP contribution is -2.14. The van der Waals surface area contributed by atoms with Crippen LogP contribution in [-0.4, -0.2) is 22.0 Å². The summed E-state index contributed by atoms with van der Waals surface area (Å²) in [5.74, 6) is -0.965. The van der Waals surface area contributed by atoms with Gasteiger partial charge in [0.05, 0.1) is 0 Å². The number of nitrogens with one attached hydrogen (secondary N) is 2. The molecule has 0 saturated heterocycles. The summed E-state index contributed by atoms with van der Waals surface area (Å²) in [5, 5.41) is 5.46. The van der Waals surface area contributed by atoms with E-state index < -0.39 is 12.0 Å². The SMILES string of the molecule is CNc1cc(NCc2ccncc2C)nc(C(F)(F)F)n1. The Hall–Kier alpha value is -2.38. The third kappa shape index (κ3) is 3.80. The summed E-state index contributed by atoms with van der Waals surface area (Å²) in [6.07, 6.45) is -1.27. The molecule has 0 bridgehead atoms. The average Bonchev–Trinajstić information content (AvgIpc) is 2.45. The first kappa shape index (κ1) is 15.0. The first-order valence-corrected chi connectivity index (χ1v) is 6.17. The third-order valence-corrected chi connectivity index (χ3v) is 2.83. The molecule has 2 aromatic rings. The molecule has 2 rings (SSSR count). The monoisotopic (exact) mass is 297 g/mol. The van der Waals surface area contributed by atoms with E-state index in [1.54, 1.807) is 18.5 Å². The summed E-state index contributed by atoms with van der Waals surface area (Å²) in [7, 11) is 1.50. The number of aryl methyl sites for hydroxylation is 1. The molecule has 0 aliphatic rings. The van der Waals surface area contributed by atoms with Crippen LogP contribution in [0.3, 0.4) is 0 Å². The van der Waals surface area contributed by atoms with Crippen molar-refractivity contribution in [2.75, 3.05) is 17.7 Å². The number of hydrogen-bond donors (Lipinski definition) is 2. The summed E-state index contributed by atoms with van der Waals surface area (Å²) in [4.78, 5) is 10.9. The van der Waals surface area contributed by atoms with E-state index >= 15 is 0 Å². The molecule has 21 heavy (non-hydrogen) atoms. The number of nitrogens with zero attached hydrogens (tertiary/aromatic N) is 3. The molecule has 8 heteroatoms. The maximum atomic E-state index is 12.7. The van der Waals surface area contributed by atoms with Gasteiger partial charge in [0, 0.05) is 32.1 Å². The molecule has 0 atom stereocenters. The number of hydrogen-bond acceptors (Lipinski definition) is 5. The van der Waals surface area contributed by atoms with Gasteiger partial charge in [-0.05, 0) is 24.1 Å². The molecule has 0 aromatic carbocycles. The van der Waals surface area contributed by atoms with Crippen molar-refractivity contribution in [3.8, 4) is 0 Å².